The third kappa shape index (κ3) is 2.99. The van der Waals surface area contributed by atoms with Gasteiger partial charge >= 0.3 is 0 Å². The maximum Gasteiger partial charge on any atom is 0.223 e. The van der Waals surface area contributed by atoms with Crippen LogP contribution in [0.1, 0.15) is 30.3 Å². The SMILES string of the molecule is Cc1nc(CC2CCCN(c3nccnc3C#N)C2)no1. The van der Waals surface area contributed by atoms with Gasteiger partial charge in [-0.25, -0.2) is 9.97 Å². The van der Waals surface area contributed by atoms with E-state index in [1.807, 2.05) is 0 Å². The molecular formula is C14H16N6O. The molecule has 0 radical (unpaired) electrons. The molecule has 1 atom stereocenters. The summed E-state index contributed by atoms with van der Waals surface area (Å²) in [5, 5.41) is 13.1. The number of hydrogen-bond acceptors (Lipinski definition) is 7. The predicted octanol–water partition coefficient (Wildman–Crippen LogP) is 1.50. The van der Waals surface area contributed by atoms with Crippen molar-refractivity contribution >= 4 is 5.82 Å². The molecule has 2 aromatic heterocycles. The summed E-state index contributed by atoms with van der Waals surface area (Å²) in [6.07, 6.45) is 6.14. The predicted molar refractivity (Wildman–Crippen MR) is 74.4 cm³/mol. The van der Waals surface area contributed by atoms with Gasteiger partial charge in [-0.2, -0.15) is 10.2 Å². The second kappa shape index (κ2) is 5.87. The summed E-state index contributed by atoms with van der Waals surface area (Å²) >= 11 is 0. The first kappa shape index (κ1) is 13.5. The molecule has 1 fully saturated rings. The number of rotatable bonds is 3. The van der Waals surface area contributed by atoms with Crippen LogP contribution in [0.15, 0.2) is 16.9 Å². The quantitative estimate of drug-likeness (QED) is 0.843. The molecule has 2 aromatic rings. The van der Waals surface area contributed by atoms with E-state index in [-0.39, 0.29) is 0 Å². The second-order valence-electron chi connectivity index (χ2n) is 5.23. The van der Waals surface area contributed by atoms with Gasteiger partial charge in [-0.1, -0.05) is 5.16 Å². The van der Waals surface area contributed by atoms with Crippen molar-refractivity contribution in [3.05, 3.63) is 29.8 Å². The lowest BCUT2D eigenvalue weighted by Crippen LogP contribution is -2.37. The molecule has 0 bridgehead atoms. The Labute approximate surface area is 122 Å². The summed E-state index contributed by atoms with van der Waals surface area (Å²) in [5.41, 5.74) is 0.383. The number of aromatic nitrogens is 4. The molecule has 0 aromatic carbocycles. The van der Waals surface area contributed by atoms with Gasteiger partial charge in [0.15, 0.2) is 17.3 Å². The lowest BCUT2D eigenvalue weighted by molar-refractivity contribution is 0.369. The topological polar surface area (TPSA) is 91.7 Å². The standard InChI is InChI=1S/C14H16N6O/c1-10-18-13(19-21-10)7-11-3-2-6-20(9-11)14-12(8-15)16-4-5-17-14/h4-5,11H,2-3,6-7,9H2,1H3. The molecule has 3 heterocycles. The first-order valence-electron chi connectivity index (χ1n) is 7.01. The fourth-order valence-corrected chi connectivity index (χ4v) is 2.75. The Bertz CT molecular complexity index is 661. The minimum atomic E-state index is 0.383. The minimum absolute atomic E-state index is 0.383. The Morgan fingerprint density at radius 2 is 2.29 bits per heavy atom. The number of nitrogens with zero attached hydrogens (tertiary/aromatic N) is 6. The summed E-state index contributed by atoms with van der Waals surface area (Å²) in [5.74, 6) is 2.45. The van der Waals surface area contributed by atoms with Crippen molar-refractivity contribution in [2.24, 2.45) is 5.92 Å². The van der Waals surface area contributed by atoms with Crippen LogP contribution in [-0.2, 0) is 6.42 Å². The summed E-state index contributed by atoms with van der Waals surface area (Å²) in [6.45, 7) is 3.53. The van der Waals surface area contributed by atoms with Crippen LogP contribution in [0, 0.1) is 24.2 Å². The van der Waals surface area contributed by atoms with Crippen LogP contribution in [0.5, 0.6) is 0 Å². The van der Waals surface area contributed by atoms with Gasteiger partial charge in [0, 0.05) is 38.8 Å². The molecule has 0 aliphatic carbocycles. The van der Waals surface area contributed by atoms with Gasteiger partial charge in [0.25, 0.3) is 0 Å². The number of nitriles is 1. The van der Waals surface area contributed by atoms with Crippen molar-refractivity contribution in [1.82, 2.24) is 20.1 Å². The molecule has 7 nitrogen and oxygen atoms in total. The Morgan fingerprint density at radius 3 is 3.05 bits per heavy atom. The molecule has 0 saturated carbocycles. The summed E-state index contributed by atoms with van der Waals surface area (Å²) < 4.78 is 5.01. The molecule has 0 amide bonds. The Morgan fingerprint density at radius 1 is 1.43 bits per heavy atom. The number of anilines is 1. The van der Waals surface area contributed by atoms with Crippen molar-refractivity contribution in [3.63, 3.8) is 0 Å². The Kier molecular flexibility index (Phi) is 3.77. The summed E-state index contributed by atoms with van der Waals surface area (Å²) in [7, 11) is 0. The van der Waals surface area contributed by atoms with Crippen LogP contribution in [0.2, 0.25) is 0 Å². The zero-order valence-electron chi connectivity index (χ0n) is 11.9. The van der Waals surface area contributed by atoms with Crippen LogP contribution in [-0.4, -0.2) is 33.2 Å². The summed E-state index contributed by atoms with van der Waals surface area (Å²) in [6, 6.07) is 2.11. The van der Waals surface area contributed by atoms with E-state index < -0.39 is 0 Å². The van der Waals surface area contributed by atoms with Gasteiger partial charge in [-0.05, 0) is 18.8 Å². The van der Waals surface area contributed by atoms with Gasteiger partial charge in [0.1, 0.15) is 6.07 Å². The molecule has 1 aliphatic heterocycles. The first-order valence-corrected chi connectivity index (χ1v) is 7.01. The van der Waals surface area contributed by atoms with Crippen LogP contribution in [0.3, 0.4) is 0 Å². The molecule has 7 heteroatoms. The highest BCUT2D eigenvalue weighted by Gasteiger charge is 2.24. The van der Waals surface area contributed by atoms with E-state index in [0.717, 1.165) is 38.2 Å². The highest BCUT2D eigenvalue weighted by Crippen LogP contribution is 2.24. The van der Waals surface area contributed by atoms with Crippen molar-refractivity contribution in [3.8, 4) is 6.07 Å². The molecular weight excluding hydrogens is 268 g/mol. The van der Waals surface area contributed by atoms with E-state index in [9.17, 15) is 0 Å². The maximum atomic E-state index is 9.14. The van der Waals surface area contributed by atoms with Gasteiger partial charge in [-0.15, -0.1) is 0 Å². The van der Waals surface area contributed by atoms with Gasteiger partial charge < -0.3 is 9.42 Å². The fourth-order valence-electron chi connectivity index (χ4n) is 2.75. The van der Waals surface area contributed by atoms with E-state index in [1.165, 1.54) is 0 Å². The molecule has 0 N–H and O–H groups in total. The molecule has 0 spiro atoms. The van der Waals surface area contributed by atoms with Crippen LogP contribution in [0.25, 0.3) is 0 Å². The Balaban J connectivity index is 1.72. The number of aryl methyl sites for hydroxylation is 1. The normalized spacial score (nSPS) is 18.5. The highest BCUT2D eigenvalue weighted by molar-refractivity contribution is 5.49. The van der Waals surface area contributed by atoms with E-state index in [4.69, 9.17) is 9.78 Å². The molecule has 21 heavy (non-hydrogen) atoms. The molecule has 1 unspecified atom stereocenters. The minimum Gasteiger partial charge on any atom is -0.354 e. The molecule has 108 valence electrons. The Hall–Kier alpha value is -2.49. The lowest BCUT2D eigenvalue weighted by Gasteiger charge is -2.33. The maximum absolute atomic E-state index is 9.14. The molecule has 3 rings (SSSR count). The number of hydrogen-bond donors (Lipinski definition) is 0. The van der Waals surface area contributed by atoms with E-state index in [1.54, 1.807) is 19.3 Å². The van der Waals surface area contributed by atoms with Crippen LogP contribution in [0.4, 0.5) is 5.82 Å². The van der Waals surface area contributed by atoms with Crippen LogP contribution >= 0.6 is 0 Å². The number of piperidine rings is 1. The van der Waals surface area contributed by atoms with Crippen molar-refractivity contribution in [1.29, 1.82) is 5.26 Å². The van der Waals surface area contributed by atoms with E-state index in [0.29, 0.717) is 23.3 Å². The first-order chi connectivity index (χ1) is 10.3. The zero-order chi connectivity index (χ0) is 14.7. The lowest BCUT2D eigenvalue weighted by atomic mass is 9.94. The molecule has 1 aliphatic rings. The smallest absolute Gasteiger partial charge is 0.223 e. The van der Waals surface area contributed by atoms with E-state index in [2.05, 4.69) is 31.1 Å². The van der Waals surface area contributed by atoms with E-state index >= 15 is 0 Å². The van der Waals surface area contributed by atoms with Crippen molar-refractivity contribution in [2.45, 2.75) is 26.2 Å². The fraction of sp³-hybridized carbons (Fsp3) is 0.500. The monoisotopic (exact) mass is 284 g/mol. The van der Waals surface area contributed by atoms with Gasteiger partial charge in [0.05, 0.1) is 0 Å². The average Bonchev–Trinajstić information content (AvgIpc) is 2.92. The van der Waals surface area contributed by atoms with Crippen molar-refractivity contribution in [2.75, 3.05) is 18.0 Å². The van der Waals surface area contributed by atoms with Gasteiger partial charge in [0.2, 0.25) is 5.89 Å². The van der Waals surface area contributed by atoms with Gasteiger partial charge in [-0.3, -0.25) is 0 Å². The second-order valence-corrected chi connectivity index (χ2v) is 5.23. The summed E-state index contributed by atoms with van der Waals surface area (Å²) in [4.78, 5) is 14.8. The average molecular weight is 284 g/mol. The molecule has 1 saturated heterocycles. The largest absolute Gasteiger partial charge is 0.354 e. The van der Waals surface area contributed by atoms with Crippen LogP contribution < -0.4 is 4.90 Å². The third-order valence-corrected chi connectivity index (χ3v) is 3.64. The zero-order valence-corrected chi connectivity index (χ0v) is 11.9. The third-order valence-electron chi connectivity index (χ3n) is 3.64. The van der Waals surface area contributed by atoms with Crippen molar-refractivity contribution < 1.29 is 4.52 Å². The highest BCUT2D eigenvalue weighted by atomic mass is 16.5.